The van der Waals surface area contributed by atoms with Crippen LogP contribution in [0.2, 0.25) is 0 Å². The van der Waals surface area contributed by atoms with Crippen LogP contribution in [-0.2, 0) is 0 Å². The molecule has 0 bridgehead atoms. The molecule has 3 unspecified atom stereocenters. The van der Waals surface area contributed by atoms with E-state index < -0.39 is 0 Å². The standard InChI is InChI=1S/C14H27Br/c1-3-4-5-6-7-8-9-13-10-11-14(15)12(13)2/h12-14H,3-11H2,1-2H3. The summed E-state index contributed by atoms with van der Waals surface area (Å²) in [7, 11) is 0. The largest absolute Gasteiger partial charge is 0.0888 e. The Kier molecular flexibility index (Phi) is 6.96. The van der Waals surface area contributed by atoms with Gasteiger partial charge in [0.05, 0.1) is 0 Å². The average molecular weight is 275 g/mol. The average Bonchev–Trinajstić information content (AvgIpc) is 2.54. The minimum Gasteiger partial charge on any atom is -0.0888 e. The molecule has 0 heterocycles. The van der Waals surface area contributed by atoms with Crippen molar-refractivity contribution in [3.63, 3.8) is 0 Å². The summed E-state index contributed by atoms with van der Waals surface area (Å²) in [6.07, 6.45) is 13.0. The first kappa shape index (κ1) is 13.5. The Labute approximate surface area is 104 Å². The quantitative estimate of drug-likeness (QED) is 0.422. The zero-order valence-electron chi connectivity index (χ0n) is 10.5. The van der Waals surface area contributed by atoms with Crippen LogP contribution in [0.3, 0.4) is 0 Å². The first-order chi connectivity index (χ1) is 7.25. The zero-order valence-corrected chi connectivity index (χ0v) is 12.1. The number of rotatable bonds is 7. The second-order valence-corrected chi connectivity index (χ2v) is 6.45. The summed E-state index contributed by atoms with van der Waals surface area (Å²) in [5, 5.41) is 0. The van der Waals surface area contributed by atoms with Gasteiger partial charge in [0.2, 0.25) is 0 Å². The molecule has 0 spiro atoms. The molecule has 1 fully saturated rings. The van der Waals surface area contributed by atoms with E-state index in [4.69, 9.17) is 0 Å². The Bertz CT molecular complexity index is 155. The minimum atomic E-state index is 0.808. The van der Waals surface area contributed by atoms with Crippen LogP contribution in [0.25, 0.3) is 0 Å². The fourth-order valence-corrected chi connectivity index (χ4v) is 3.48. The third-order valence-corrected chi connectivity index (χ3v) is 5.35. The molecule has 0 radical (unpaired) electrons. The summed E-state index contributed by atoms with van der Waals surface area (Å²) in [6, 6.07) is 0. The molecule has 0 amide bonds. The first-order valence-corrected chi connectivity index (χ1v) is 7.81. The van der Waals surface area contributed by atoms with Crippen molar-refractivity contribution in [2.75, 3.05) is 0 Å². The summed E-state index contributed by atoms with van der Waals surface area (Å²) in [4.78, 5) is 0.808. The molecular weight excluding hydrogens is 248 g/mol. The fraction of sp³-hybridized carbons (Fsp3) is 1.00. The molecular formula is C14H27Br. The number of halogens is 1. The van der Waals surface area contributed by atoms with E-state index in [0.717, 1.165) is 16.7 Å². The molecule has 0 aromatic heterocycles. The Morgan fingerprint density at radius 1 is 1.00 bits per heavy atom. The van der Waals surface area contributed by atoms with Crippen molar-refractivity contribution in [1.82, 2.24) is 0 Å². The molecule has 0 saturated heterocycles. The third kappa shape index (κ3) is 4.89. The highest BCUT2D eigenvalue weighted by Crippen LogP contribution is 2.39. The molecule has 0 aromatic carbocycles. The van der Waals surface area contributed by atoms with Crippen LogP contribution in [0.4, 0.5) is 0 Å². The molecule has 0 N–H and O–H groups in total. The zero-order chi connectivity index (χ0) is 11.1. The van der Waals surface area contributed by atoms with Gasteiger partial charge < -0.3 is 0 Å². The molecule has 15 heavy (non-hydrogen) atoms. The van der Waals surface area contributed by atoms with Gasteiger partial charge in [0.25, 0.3) is 0 Å². The minimum absolute atomic E-state index is 0.808. The van der Waals surface area contributed by atoms with E-state index in [9.17, 15) is 0 Å². The third-order valence-electron chi connectivity index (χ3n) is 4.06. The van der Waals surface area contributed by atoms with Crippen molar-refractivity contribution in [2.24, 2.45) is 11.8 Å². The molecule has 1 aliphatic rings. The van der Waals surface area contributed by atoms with Gasteiger partial charge in [-0.15, -0.1) is 0 Å². The summed E-state index contributed by atoms with van der Waals surface area (Å²) in [5.41, 5.74) is 0. The number of hydrogen-bond acceptors (Lipinski definition) is 0. The number of hydrogen-bond donors (Lipinski definition) is 0. The van der Waals surface area contributed by atoms with Crippen LogP contribution in [-0.4, -0.2) is 4.83 Å². The molecule has 90 valence electrons. The molecule has 1 aliphatic carbocycles. The summed E-state index contributed by atoms with van der Waals surface area (Å²) in [6.45, 7) is 4.71. The molecule has 1 rings (SSSR count). The van der Waals surface area contributed by atoms with Gasteiger partial charge in [-0.1, -0.05) is 74.7 Å². The van der Waals surface area contributed by atoms with Crippen molar-refractivity contribution >= 4 is 15.9 Å². The monoisotopic (exact) mass is 274 g/mol. The highest BCUT2D eigenvalue weighted by atomic mass is 79.9. The Hall–Kier alpha value is 0.480. The molecule has 1 saturated carbocycles. The summed E-state index contributed by atoms with van der Waals surface area (Å²) < 4.78 is 0. The van der Waals surface area contributed by atoms with E-state index in [-0.39, 0.29) is 0 Å². The Morgan fingerprint density at radius 2 is 1.67 bits per heavy atom. The van der Waals surface area contributed by atoms with Crippen molar-refractivity contribution < 1.29 is 0 Å². The number of alkyl halides is 1. The van der Waals surface area contributed by atoms with Crippen LogP contribution < -0.4 is 0 Å². The van der Waals surface area contributed by atoms with E-state index in [1.165, 1.54) is 57.8 Å². The normalized spacial score (nSPS) is 31.0. The highest BCUT2D eigenvalue weighted by molar-refractivity contribution is 9.09. The lowest BCUT2D eigenvalue weighted by Crippen LogP contribution is -2.10. The molecule has 3 atom stereocenters. The summed E-state index contributed by atoms with van der Waals surface area (Å²) >= 11 is 3.79. The Morgan fingerprint density at radius 3 is 2.27 bits per heavy atom. The number of unbranched alkanes of at least 4 members (excludes halogenated alkanes) is 5. The first-order valence-electron chi connectivity index (χ1n) is 6.89. The van der Waals surface area contributed by atoms with Gasteiger partial charge in [0, 0.05) is 4.83 Å². The maximum absolute atomic E-state index is 3.79. The van der Waals surface area contributed by atoms with E-state index in [1.807, 2.05) is 0 Å². The van der Waals surface area contributed by atoms with Crippen molar-refractivity contribution in [3.8, 4) is 0 Å². The van der Waals surface area contributed by atoms with E-state index in [0.29, 0.717) is 0 Å². The van der Waals surface area contributed by atoms with Crippen LogP contribution in [0.15, 0.2) is 0 Å². The Balaban J connectivity index is 1.96. The van der Waals surface area contributed by atoms with Gasteiger partial charge in [-0.3, -0.25) is 0 Å². The SMILES string of the molecule is CCCCCCCCC1CCC(Br)C1C. The van der Waals surface area contributed by atoms with Gasteiger partial charge in [-0.05, 0) is 24.7 Å². The van der Waals surface area contributed by atoms with Crippen molar-refractivity contribution in [2.45, 2.75) is 76.5 Å². The van der Waals surface area contributed by atoms with E-state index in [1.54, 1.807) is 0 Å². The molecule has 0 aromatic rings. The van der Waals surface area contributed by atoms with Crippen LogP contribution in [0.1, 0.15) is 71.6 Å². The fourth-order valence-electron chi connectivity index (χ4n) is 2.79. The lowest BCUT2D eigenvalue weighted by Gasteiger charge is -2.16. The highest BCUT2D eigenvalue weighted by Gasteiger charge is 2.29. The lowest BCUT2D eigenvalue weighted by molar-refractivity contribution is 0.378. The second kappa shape index (κ2) is 7.70. The molecule has 0 aliphatic heterocycles. The predicted octanol–water partition coefficient (Wildman–Crippen LogP) is 5.55. The van der Waals surface area contributed by atoms with E-state index >= 15 is 0 Å². The van der Waals surface area contributed by atoms with E-state index in [2.05, 4.69) is 29.8 Å². The second-order valence-electron chi connectivity index (χ2n) is 5.27. The van der Waals surface area contributed by atoms with Gasteiger partial charge in [0.1, 0.15) is 0 Å². The van der Waals surface area contributed by atoms with Crippen molar-refractivity contribution in [3.05, 3.63) is 0 Å². The topological polar surface area (TPSA) is 0 Å². The van der Waals surface area contributed by atoms with Crippen molar-refractivity contribution in [1.29, 1.82) is 0 Å². The predicted molar refractivity (Wildman–Crippen MR) is 72.6 cm³/mol. The van der Waals surface area contributed by atoms with Crippen LogP contribution >= 0.6 is 15.9 Å². The molecule has 1 heteroatoms. The van der Waals surface area contributed by atoms with Gasteiger partial charge >= 0.3 is 0 Å². The summed E-state index contributed by atoms with van der Waals surface area (Å²) in [5.74, 6) is 1.93. The maximum Gasteiger partial charge on any atom is 0.0174 e. The van der Waals surface area contributed by atoms with Gasteiger partial charge in [-0.2, -0.15) is 0 Å². The van der Waals surface area contributed by atoms with Crippen LogP contribution in [0, 0.1) is 11.8 Å². The lowest BCUT2D eigenvalue weighted by atomic mass is 9.92. The van der Waals surface area contributed by atoms with Crippen LogP contribution in [0.5, 0.6) is 0 Å². The molecule has 0 nitrogen and oxygen atoms in total. The maximum atomic E-state index is 3.79. The smallest absolute Gasteiger partial charge is 0.0174 e. The van der Waals surface area contributed by atoms with Gasteiger partial charge in [-0.25, -0.2) is 0 Å². The van der Waals surface area contributed by atoms with Gasteiger partial charge in [0.15, 0.2) is 0 Å².